The minimum atomic E-state index is -3.38. The van der Waals surface area contributed by atoms with Crippen LogP contribution in [0.4, 0.5) is 5.69 Å². The second-order valence-corrected chi connectivity index (χ2v) is 8.07. The Kier molecular flexibility index (Phi) is 3.69. The van der Waals surface area contributed by atoms with Crippen LogP contribution in [0.2, 0.25) is 0 Å². The van der Waals surface area contributed by atoms with Crippen LogP contribution < -0.4 is 10.0 Å². The fourth-order valence-electron chi connectivity index (χ4n) is 3.26. The van der Waals surface area contributed by atoms with E-state index in [0.29, 0.717) is 28.8 Å². The predicted molar refractivity (Wildman–Crippen MR) is 95.1 cm³/mol. The first-order valence-corrected chi connectivity index (χ1v) is 9.84. The fourth-order valence-corrected chi connectivity index (χ4v) is 3.82. The number of anilines is 1. The van der Waals surface area contributed by atoms with E-state index in [-0.39, 0.29) is 18.2 Å². The molecule has 1 fully saturated rings. The number of nitrogens with one attached hydrogen (secondary N) is 2. The molecule has 1 aliphatic rings. The molecule has 1 aliphatic heterocycles. The first-order chi connectivity index (χ1) is 12.3. The highest BCUT2D eigenvalue weighted by atomic mass is 32.2. The molecule has 0 radical (unpaired) electrons. The minimum Gasteiger partial charge on any atom is -0.356 e. The third-order valence-electron chi connectivity index (χ3n) is 4.35. The van der Waals surface area contributed by atoms with Gasteiger partial charge in [-0.1, -0.05) is 17.3 Å². The fraction of sp³-hybridized carbons (Fsp3) is 0.235. The molecule has 0 aliphatic carbocycles. The Bertz CT molecular complexity index is 1170. The van der Waals surface area contributed by atoms with Crippen molar-refractivity contribution in [3.63, 3.8) is 0 Å². The lowest BCUT2D eigenvalue weighted by atomic mass is 9.91. The maximum atomic E-state index is 12.2. The summed E-state index contributed by atoms with van der Waals surface area (Å²) in [6.45, 7) is 0. The summed E-state index contributed by atoms with van der Waals surface area (Å²) in [6.07, 6.45) is 1.70. The Labute approximate surface area is 148 Å². The number of piperidine rings is 1. The number of imide groups is 1. The summed E-state index contributed by atoms with van der Waals surface area (Å²) in [4.78, 5) is 23.6. The van der Waals surface area contributed by atoms with Gasteiger partial charge in [-0.2, -0.15) is 0 Å². The van der Waals surface area contributed by atoms with E-state index >= 15 is 0 Å². The summed E-state index contributed by atoms with van der Waals surface area (Å²) in [6, 6.07) is 8.63. The number of fused-ring (bicyclic) bond motifs is 3. The van der Waals surface area contributed by atoms with Crippen molar-refractivity contribution in [2.45, 2.75) is 18.8 Å². The second-order valence-electron chi connectivity index (χ2n) is 6.32. The number of nitrogens with zero attached hydrogens (tertiary/aromatic N) is 1. The van der Waals surface area contributed by atoms with Crippen LogP contribution >= 0.6 is 0 Å². The average Bonchev–Trinajstić information content (AvgIpc) is 2.97. The summed E-state index contributed by atoms with van der Waals surface area (Å²) >= 11 is 0. The number of amides is 2. The Balaban J connectivity index is 1.85. The monoisotopic (exact) mass is 373 g/mol. The molecule has 9 heteroatoms. The van der Waals surface area contributed by atoms with E-state index < -0.39 is 15.9 Å². The normalized spacial score (nSPS) is 18.3. The van der Waals surface area contributed by atoms with Gasteiger partial charge in [0, 0.05) is 12.1 Å². The molecular weight excluding hydrogens is 358 g/mol. The van der Waals surface area contributed by atoms with Gasteiger partial charge in [0.25, 0.3) is 0 Å². The van der Waals surface area contributed by atoms with E-state index in [0.717, 1.165) is 17.0 Å². The second kappa shape index (κ2) is 5.80. The highest BCUT2D eigenvalue weighted by Gasteiger charge is 2.32. The molecule has 0 spiro atoms. The summed E-state index contributed by atoms with van der Waals surface area (Å²) in [5.74, 6) is -1.24. The zero-order valence-corrected chi connectivity index (χ0v) is 14.6. The maximum Gasteiger partial charge on any atom is 0.235 e. The van der Waals surface area contributed by atoms with Gasteiger partial charge in [0.15, 0.2) is 5.58 Å². The highest BCUT2D eigenvalue weighted by molar-refractivity contribution is 7.92. The number of aromatic nitrogens is 1. The molecule has 2 aromatic carbocycles. The van der Waals surface area contributed by atoms with Crippen LogP contribution in [-0.4, -0.2) is 31.6 Å². The molecule has 2 heterocycles. The van der Waals surface area contributed by atoms with E-state index in [1.165, 1.54) is 0 Å². The van der Waals surface area contributed by atoms with Gasteiger partial charge in [-0.15, -0.1) is 0 Å². The van der Waals surface area contributed by atoms with Crippen molar-refractivity contribution in [2.24, 2.45) is 0 Å². The van der Waals surface area contributed by atoms with Crippen LogP contribution in [0, 0.1) is 0 Å². The SMILES string of the molecule is CS(=O)(=O)Nc1ccc2c(ccc3onc([C@@H]4CCC(=O)NC4=O)c32)c1. The molecule has 3 aromatic rings. The highest BCUT2D eigenvalue weighted by Crippen LogP contribution is 2.35. The lowest BCUT2D eigenvalue weighted by Gasteiger charge is -2.19. The van der Waals surface area contributed by atoms with Gasteiger partial charge in [0.05, 0.1) is 17.6 Å². The first kappa shape index (κ1) is 16.5. The third kappa shape index (κ3) is 2.90. The van der Waals surface area contributed by atoms with Crippen molar-refractivity contribution in [1.29, 1.82) is 0 Å². The predicted octanol–water partition coefficient (Wildman–Crippen LogP) is 1.87. The quantitative estimate of drug-likeness (QED) is 0.677. The molecule has 26 heavy (non-hydrogen) atoms. The van der Waals surface area contributed by atoms with Gasteiger partial charge in [-0.25, -0.2) is 8.42 Å². The molecule has 0 saturated carbocycles. The number of benzene rings is 2. The zero-order valence-electron chi connectivity index (χ0n) is 13.8. The molecular formula is C17H15N3O5S. The van der Waals surface area contributed by atoms with Crippen molar-refractivity contribution in [3.05, 3.63) is 36.0 Å². The first-order valence-electron chi connectivity index (χ1n) is 7.95. The zero-order chi connectivity index (χ0) is 18.5. The van der Waals surface area contributed by atoms with Gasteiger partial charge < -0.3 is 4.52 Å². The number of hydrogen-bond acceptors (Lipinski definition) is 6. The summed E-state index contributed by atoms with van der Waals surface area (Å²) in [5, 5.41) is 8.67. The van der Waals surface area contributed by atoms with Gasteiger partial charge >= 0.3 is 0 Å². The number of rotatable bonds is 3. The summed E-state index contributed by atoms with van der Waals surface area (Å²) in [5.41, 5.74) is 1.46. The van der Waals surface area contributed by atoms with E-state index in [1.807, 2.05) is 0 Å². The molecule has 8 nitrogen and oxygen atoms in total. The molecule has 4 rings (SSSR count). The van der Waals surface area contributed by atoms with E-state index in [4.69, 9.17) is 4.52 Å². The van der Waals surface area contributed by atoms with Crippen LogP contribution in [0.3, 0.4) is 0 Å². The standard InChI is InChI=1S/C17H15N3O5S/c1-26(23,24)20-10-3-4-11-9(8-10)2-6-13-15(11)16(19-25-13)12-5-7-14(21)18-17(12)22/h2-4,6,8,12,20H,5,7H2,1H3,(H,18,21,22)/t12-/m0/s1. The molecule has 1 atom stereocenters. The molecule has 134 valence electrons. The maximum absolute atomic E-state index is 12.2. The van der Waals surface area contributed by atoms with Gasteiger partial charge in [-0.3, -0.25) is 19.6 Å². The van der Waals surface area contributed by atoms with Crippen molar-refractivity contribution < 1.29 is 22.5 Å². The smallest absolute Gasteiger partial charge is 0.235 e. The molecule has 0 unspecified atom stereocenters. The van der Waals surface area contributed by atoms with Gasteiger partial charge in [0.1, 0.15) is 5.69 Å². The largest absolute Gasteiger partial charge is 0.356 e. The van der Waals surface area contributed by atoms with E-state index in [9.17, 15) is 18.0 Å². The molecule has 2 amide bonds. The van der Waals surface area contributed by atoms with Crippen LogP contribution in [0.25, 0.3) is 21.7 Å². The number of carbonyl (C=O) groups excluding carboxylic acids is 2. The molecule has 1 saturated heterocycles. The Hall–Kier alpha value is -2.94. The Morgan fingerprint density at radius 3 is 2.77 bits per heavy atom. The Morgan fingerprint density at radius 2 is 2.04 bits per heavy atom. The molecule has 1 aromatic heterocycles. The van der Waals surface area contributed by atoms with Crippen molar-refractivity contribution in [2.75, 3.05) is 11.0 Å². The van der Waals surface area contributed by atoms with Gasteiger partial charge in [-0.05, 0) is 35.4 Å². The van der Waals surface area contributed by atoms with E-state index in [2.05, 4.69) is 15.2 Å². The van der Waals surface area contributed by atoms with Crippen LogP contribution in [0.5, 0.6) is 0 Å². The average molecular weight is 373 g/mol. The number of hydrogen-bond donors (Lipinski definition) is 2. The number of carbonyl (C=O) groups is 2. The van der Waals surface area contributed by atoms with Crippen LogP contribution in [0.15, 0.2) is 34.9 Å². The Morgan fingerprint density at radius 1 is 1.23 bits per heavy atom. The van der Waals surface area contributed by atoms with Crippen molar-refractivity contribution in [1.82, 2.24) is 10.5 Å². The topological polar surface area (TPSA) is 118 Å². The van der Waals surface area contributed by atoms with E-state index in [1.54, 1.807) is 30.3 Å². The molecule has 0 bridgehead atoms. The van der Waals surface area contributed by atoms with Crippen molar-refractivity contribution in [3.8, 4) is 0 Å². The van der Waals surface area contributed by atoms with Gasteiger partial charge in [0.2, 0.25) is 21.8 Å². The lowest BCUT2D eigenvalue weighted by molar-refractivity contribution is -0.134. The van der Waals surface area contributed by atoms with Crippen LogP contribution in [0.1, 0.15) is 24.5 Å². The summed E-state index contributed by atoms with van der Waals surface area (Å²) < 4.78 is 30.7. The minimum absolute atomic E-state index is 0.248. The molecule has 2 N–H and O–H groups in total. The third-order valence-corrected chi connectivity index (χ3v) is 4.96. The number of sulfonamides is 1. The van der Waals surface area contributed by atoms with Crippen LogP contribution in [-0.2, 0) is 19.6 Å². The summed E-state index contributed by atoms with van der Waals surface area (Å²) in [7, 11) is -3.38. The van der Waals surface area contributed by atoms with Crippen molar-refractivity contribution >= 4 is 49.3 Å². The lowest BCUT2D eigenvalue weighted by Crippen LogP contribution is -2.39.